The fourth-order valence-corrected chi connectivity index (χ4v) is 3.60. The first-order valence-corrected chi connectivity index (χ1v) is 9.47. The quantitative estimate of drug-likeness (QED) is 0.498. The van der Waals surface area contributed by atoms with Gasteiger partial charge in [0.1, 0.15) is 11.4 Å². The van der Waals surface area contributed by atoms with Gasteiger partial charge in [0.15, 0.2) is 0 Å². The van der Waals surface area contributed by atoms with Crippen molar-refractivity contribution in [3.05, 3.63) is 61.1 Å². The third-order valence-electron chi connectivity index (χ3n) is 4.97. The molecule has 4 aromatic rings. The van der Waals surface area contributed by atoms with E-state index in [1.165, 1.54) is 6.08 Å². The number of ether oxygens (including phenoxy) is 1. The lowest BCUT2D eigenvalue weighted by Gasteiger charge is -2.16. The van der Waals surface area contributed by atoms with Crippen molar-refractivity contribution in [2.24, 2.45) is 7.05 Å². The van der Waals surface area contributed by atoms with Crippen molar-refractivity contribution in [1.82, 2.24) is 24.7 Å². The van der Waals surface area contributed by atoms with E-state index in [1.807, 2.05) is 37.5 Å². The van der Waals surface area contributed by atoms with E-state index in [0.29, 0.717) is 36.2 Å². The molecule has 0 aliphatic carbocycles. The lowest BCUT2D eigenvalue weighted by molar-refractivity contribution is -0.114. The molecule has 3 aromatic heterocycles. The molecule has 0 radical (unpaired) electrons. The number of amides is 1. The molecule has 4 heterocycles. The number of carbonyl (C=O) groups is 1. The van der Waals surface area contributed by atoms with Crippen molar-refractivity contribution < 1.29 is 9.53 Å². The zero-order valence-electron chi connectivity index (χ0n) is 16.3. The van der Waals surface area contributed by atoms with E-state index in [4.69, 9.17) is 4.74 Å². The highest BCUT2D eigenvalue weighted by Crippen LogP contribution is 2.38. The molecule has 9 heteroatoms. The van der Waals surface area contributed by atoms with Crippen molar-refractivity contribution >= 4 is 34.3 Å². The van der Waals surface area contributed by atoms with Gasteiger partial charge in [-0.15, -0.1) is 0 Å². The number of hydrogen-bond acceptors (Lipinski definition) is 6. The molecule has 1 aromatic carbocycles. The Balaban J connectivity index is 1.52. The standard InChI is InChI=1S/C21H19N7O2/c1-3-18(29)28-10-8-14-16(28)5-4-6-17(14)30-20-15-7-9-22-19(15)25-21(26-20)24-13-11-23-27(2)12-13/h3-7,9,11-12H,1,8,10H2,2H3,(H2,22,24,25,26). The Hall–Kier alpha value is -4.14. The normalized spacial score (nSPS) is 12.8. The second kappa shape index (κ2) is 7.03. The maximum atomic E-state index is 12.1. The number of nitrogens with zero attached hydrogens (tertiary/aromatic N) is 5. The molecule has 0 saturated heterocycles. The number of rotatable bonds is 5. The van der Waals surface area contributed by atoms with Crippen LogP contribution < -0.4 is 15.0 Å². The lowest BCUT2D eigenvalue weighted by Crippen LogP contribution is -2.26. The van der Waals surface area contributed by atoms with E-state index in [-0.39, 0.29) is 5.91 Å². The minimum absolute atomic E-state index is 0.121. The fourth-order valence-electron chi connectivity index (χ4n) is 3.60. The van der Waals surface area contributed by atoms with Crippen LogP contribution in [0.1, 0.15) is 5.56 Å². The van der Waals surface area contributed by atoms with Crippen LogP contribution in [0.4, 0.5) is 17.3 Å². The first-order valence-electron chi connectivity index (χ1n) is 9.47. The van der Waals surface area contributed by atoms with Crippen LogP contribution in [-0.2, 0) is 18.3 Å². The molecule has 1 aliphatic heterocycles. The highest BCUT2D eigenvalue weighted by atomic mass is 16.5. The summed E-state index contributed by atoms with van der Waals surface area (Å²) in [5.41, 5.74) is 3.23. The number of anilines is 3. The summed E-state index contributed by atoms with van der Waals surface area (Å²) >= 11 is 0. The van der Waals surface area contributed by atoms with Gasteiger partial charge in [-0.1, -0.05) is 12.6 Å². The van der Waals surface area contributed by atoms with Gasteiger partial charge < -0.3 is 19.9 Å². The SMILES string of the molecule is C=CC(=O)N1CCc2c(Oc3nc(Nc4cnn(C)c4)nc4[nH]ccc34)cccc21. The zero-order valence-corrected chi connectivity index (χ0v) is 16.3. The number of aromatic amines is 1. The number of H-pyrrole nitrogens is 1. The van der Waals surface area contributed by atoms with Crippen LogP contribution in [0.15, 0.2) is 55.5 Å². The predicted octanol–water partition coefficient (Wildman–Crippen LogP) is 3.30. The summed E-state index contributed by atoms with van der Waals surface area (Å²) in [6, 6.07) is 7.54. The van der Waals surface area contributed by atoms with Crippen molar-refractivity contribution in [2.75, 3.05) is 16.8 Å². The summed E-state index contributed by atoms with van der Waals surface area (Å²) in [5, 5.41) is 8.05. The maximum Gasteiger partial charge on any atom is 0.250 e. The number of carbonyl (C=O) groups excluding carboxylic acids is 1. The topological polar surface area (TPSA) is 101 Å². The molecule has 2 N–H and O–H groups in total. The van der Waals surface area contributed by atoms with Crippen LogP contribution in [0, 0.1) is 0 Å². The summed E-state index contributed by atoms with van der Waals surface area (Å²) < 4.78 is 7.93. The molecule has 1 amide bonds. The van der Waals surface area contributed by atoms with Crippen LogP contribution in [0.2, 0.25) is 0 Å². The Bertz CT molecular complexity index is 1270. The number of aryl methyl sites for hydroxylation is 1. The second-order valence-corrected chi connectivity index (χ2v) is 6.92. The monoisotopic (exact) mass is 401 g/mol. The minimum atomic E-state index is -0.121. The van der Waals surface area contributed by atoms with Crippen molar-refractivity contribution in [2.45, 2.75) is 6.42 Å². The zero-order chi connectivity index (χ0) is 20.7. The number of hydrogen-bond donors (Lipinski definition) is 2. The van der Waals surface area contributed by atoms with E-state index >= 15 is 0 Å². The predicted molar refractivity (Wildman–Crippen MR) is 113 cm³/mol. The molecule has 0 atom stereocenters. The third-order valence-corrected chi connectivity index (χ3v) is 4.97. The molecule has 0 fully saturated rings. The van der Waals surface area contributed by atoms with E-state index in [1.54, 1.807) is 22.0 Å². The highest BCUT2D eigenvalue weighted by molar-refractivity contribution is 6.02. The largest absolute Gasteiger partial charge is 0.438 e. The van der Waals surface area contributed by atoms with Crippen LogP contribution >= 0.6 is 0 Å². The Morgan fingerprint density at radius 2 is 2.23 bits per heavy atom. The average Bonchev–Trinajstić information content (AvgIpc) is 3.47. The Labute approximate surface area is 172 Å². The summed E-state index contributed by atoms with van der Waals surface area (Å²) in [6.45, 7) is 4.18. The summed E-state index contributed by atoms with van der Waals surface area (Å²) in [5.74, 6) is 1.36. The lowest BCUT2D eigenvalue weighted by atomic mass is 10.1. The fraction of sp³-hybridized carbons (Fsp3) is 0.143. The number of aromatic nitrogens is 5. The van der Waals surface area contributed by atoms with Gasteiger partial charge in [-0.3, -0.25) is 9.48 Å². The van der Waals surface area contributed by atoms with E-state index in [9.17, 15) is 4.79 Å². The van der Waals surface area contributed by atoms with Gasteiger partial charge in [-0.05, 0) is 30.7 Å². The molecule has 150 valence electrons. The van der Waals surface area contributed by atoms with Gasteiger partial charge in [-0.25, -0.2) is 0 Å². The maximum absolute atomic E-state index is 12.1. The molecule has 0 saturated carbocycles. The smallest absolute Gasteiger partial charge is 0.250 e. The summed E-state index contributed by atoms with van der Waals surface area (Å²) in [7, 11) is 1.84. The molecular weight excluding hydrogens is 382 g/mol. The molecule has 0 spiro atoms. The van der Waals surface area contributed by atoms with Gasteiger partial charge in [-0.2, -0.15) is 15.1 Å². The van der Waals surface area contributed by atoms with Crippen LogP contribution in [0.25, 0.3) is 11.0 Å². The Morgan fingerprint density at radius 1 is 1.33 bits per heavy atom. The molecule has 5 rings (SSSR count). The molecule has 0 unspecified atom stereocenters. The van der Waals surface area contributed by atoms with Gasteiger partial charge >= 0.3 is 0 Å². The summed E-state index contributed by atoms with van der Waals surface area (Å²) in [6.07, 6.45) is 7.34. The van der Waals surface area contributed by atoms with Crippen molar-refractivity contribution in [3.63, 3.8) is 0 Å². The average molecular weight is 401 g/mol. The van der Waals surface area contributed by atoms with Gasteiger partial charge in [0.25, 0.3) is 0 Å². The Morgan fingerprint density at radius 3 is 3.03 bits per heavy atom. The van der Waals surface area contributed by atoms with E-state index < -0.39 is 0 Å². The number of benzene rings is 1. The molecule has 9 nitrogen and oxygen atoms in total. The molecule has 30 heavy (non-hydrogen) atoms. The number of nitrogens with one attached hydrogen (secondary N) is 2. The van der Waals surface area contributed by atoms with Gasteiger partial charge in [0.2, 0.25) is 17.7 Å². The first kappa shape index (κ1) is 17.9. The van der Waals surface area contributed by atoms with Crippen LogP contribution in [0.3, 0.4) is 0 Å². The molecular formula is C21H19N7O2. The highest BCUT2D eigenvalue weighted by Gasteiger charge is 2.26. The van der Waals surface area contributed by atoms with Crippen LogP contribution in [-0.4, -0.2) is 37.2 Å². The number of fused-ring (bicyclic) bond motifs is 2. The van der Waals surface area contributed by atoms with Crippen LogP contribution in [0.5, 0.6) is 11.6 Å². The summed E-state index contributed by atoms with van der Waals surface area (Å²) in [4.78, 5) is 26.0. The van der Waals surface area contributed by atoms with Gasteiger partial charge in [0, 0.05) is 31.5 Å². The minimum Gasteiger partial charge on any atom is -0.438 e. The third kappa shape index (κ3) is 3.06. The molecule has 0 bridgehead atoms. The van der Waals surface area contributed by atoms with E-state index in [2.05, 4.69) is 31.9 Å². The second-order valence-electron chi connectivity index (χ2n) is 6.92. The van der Waals surface area contributed by atoms with E-state index in [0.717, 1.165) is 22.3 Å². The Kier molecular flexibility index (Phi) is 4.20. The molecule has 1 aliphatic rings. The van der Waals surface area contributed by atoms with Crippen molar-refractivity contribution in [3.8, 4) is 11.6 Å². The van der Waals surface area contributed by atoms with Gasteiger partial charge in [0.05, 0.1) is 23.0 Å². The first-order chi connectivity index (χ1) is 14.6. The van der Waals surface area contributed by atoms with Crippen molar-refractivity contribution in [1.29, 1.82) is 0 Å².